The van der Waals surface area contributed by atoms with Crippen LogP contribution in [0.5, 0.6) is 0 Å². The molecule has 1 saturated heterocycles. The van der Waals surface area contributed by atoms with E-state index in [4.69, 9.17) is 21.4 Å². The predicted molar refractivity (Wildman–Crippen MR) is 131 cm³/mol. The first-order valence-corrected chi connectivity index (χ1v) is 11.2. The highest BCUT2D eigenvalue weighted by molar-refractivity contribution is 6.32. The minimum absolute atomic E-state index is 0.167. The number of aliphatic carboxylic acids is 1. The molecule has 0 aliphatic carbocycles. The fourth-order valence-corrected chi connectivity index (χ4v) is 3.72. The zero-order chi connectivity index (χ0) is 24.8. The van der Waals surface area contributed by atoms with Crippen LogP contribution in [0.3, 0.4) is 0 Å². The van der Waals surface area contributed by atoms with E-state index >= 15 is 0 Å². The fourth-order valence-electron chi connectivity index (χ4n) is 3.38. The summed E-state index contributed by atoms with van der Waals surface area (Å²) in [5.74, 6) is -1.76. The number of halogens is 2. The molecule has 1 fully saturated rings. The Morgan fingerprint density at radius 3 is 2.69 bits per heavy atom. The van der Waals surface area contributed by atoms with E-state index in [0.29, 0.717) is 54.0 Å². The second kappa shape index (κ2) is 11.1. The van der Waals surface area contributed by atoms with Crippen LogP contribution in [0.2, 0.25) is 5.02 Å². The number of carbonyl (C=O) groups is 1. The van der Waals surface area contributed by atoms with Gasteiger partial charge in [0.15, 0.2) is 11.6 Å². The molecule has 1 aromatic carbocycles. The summed E-state index contributed by atoms with van der Waals surface area (Å²) in [5, 5.41) is 16.8. The number of aromatic nitrogens is 3. The Morgan fingerprint density at radius 1 is 1.23 bits per heavy atom. The topological polar surface area (TPSA) is 125 Å². The largest absolute Gasteiger partial charge is 0.481 e. The lowest BCUT2D eigenvalue weighted by Gasteiger charge is -2.27. The number of hydrazone groups is 1. The van der Waals surface area contributed by atoms with Crippen LogP contribution in [0.1, 0.15) is 24.1 Å². The van der Waals surface area contributed by atoms with Crippen LogP contribution in [-0.4, -0.2) is 58.5 Å². The number of morpholine rings is 1. The molecule has 1 aliphatic heterocycles. The van der Waals surface area contributed by atoms with Gasteiger partial charge in [0.1, 0.15) is 0 Å². The van der Waals surface area contributed by atoms with E-state index < -0.39 is 17.7 Å². The molecule has 35 heavy (non-hydrogen) atoms. The number of nitrogens with one attached hydrogen (secondary N) is 2. The maximum absolute atomic E-state index is 14.1. The third-order valence-corrected chi connectivity index (χ3v) is 5.64. The number of anilines is 4. The molecule has 1 unspecified atom stereocenters. The highest BCUT2D eigenvalue weighted by Gasteiger charge is 2.18. The van der Waals surface area contributed by atoms with E-state index in [2.05, 4.69) is 30.8 Å². The molecule has 1 aliphatic rings. The quantitative estimate of drug-likeness (QED) is 0.312. The molecule has 0 spiro atoms. The average Bonchev–Trinajstić information content (AvgIpc) is 2.86. The molecule has 0 saturated carbocycles. The summed E-state index contributed by atoms with van der Waals surface area (Å²) in [6, 6.07) is 8.67. The van der Waals surface area contributed by atoms with E-state index in [-0.39, 0.29) is 11.8 Å². The molecule has 3 N–H and O–H groups in total. The van der Waals surface area contributed by atoms with E-state index in [1.807, 2.05) is 0 Å². The maximum Gasteiger partial charge on any atom is 0.310 e. The van der Waals surface area contributed by atoms with Crippen LogP contribution in [0.4, 0.5) is 27.5 Å². The lowest BCUT2D eigenvalue weighted by Crippen LogP contribution is -2.37. The van der Waals surface area contributed by atoms with Gasteiger partial charge in [-0.3, -0.25) is 9.78 Å². The zero-order valence-corrected chi connectivity index (χ0v) is 19.5. The van der Waals surface area contributed by atoms with Gasteiger partial charge in [-0.2, -0.15) is 10.1 Å². The number of hydrogen-bond donors (Lipinski definition) is 3. The van der Waals surface area contributed by atoms with E-state index in [9.17, 15) is 9.18 Å². The lowest BCUT2D eigenvalue weighted by molar-refractivity contribution is -0.138. The number of rotatable bonds is 8. The summed E-state index contributed by atoms with van der Waals surface area (Å²) >= 11 is 6.25. The summed E-state index contributed by atoms with van der Waals surface area (Å²) in [6.07, 6.45) is 4.22. The van der Waals surface area contributed by atoms with Crippen molar-refractivity contribution in [3.63, 3.8) is 0 Å². The third kappa shape index (κ3) is 6.19. The molecule has 182 valence electrons. The Morgan fingerprint density at radius 2 is 2.00 bits per heavy atom. The number of ether oxygens (including phenoxy) is 1. The third-order valence-electron chi connectivity index (χ3n) is 5.31. The van der Waals surface area contributed by atoms with Crippen molar-refractivity contribution in [3.05, 3.63) is 64.8 Å². The molecule has 3 aromatic rings. The monoisotopic (exact) mass is 499 g/mol. The van der Waals surface area contributed by atoms with Crippen molar-refractivity contribution in [2.45, 2.75) is 12.8 Å². The van der Waals surface area contributed by atoms with Crippen LogP contribution < -0.4 is 15.6 Å². The summed E-state index contributed by atoms with van der Waals surface area (Å²) in [5.41, 5.74) is 5.22. The van der Waals surface area contributed by atoms with Gasteiger partial charge in [0, 0.05) is 23.8 Å². The Balaban J connectivity index is 1.36. The second-order valence-electron chi connectivity index (χ2n) is 7.73. The minimum Gasteiger partial charge on any atom is -0.481 e. The average molecular weight is 500 g/mol. The molecule has 0 bridgehead atoms. The SMILES string of the molecule is CC(C(=O)O)c1ccc(Nc2ccc(/C=N/Nc3ncc(F)c(N4CCOCC4)n3)nc2)cc1Cl. The number of benzene rings is 1. The Bertz CT molecular complexity index is 1220. The number of carboxylic acids is 1. The van der Waals surface area contributed by atoms with Gasteiger partial charge < -0.3 is 20.1 Å². The van der Waals surface area contributed by atoms with Crippen LogP contribution in [0.25, 0.3) is 0 Å². The van der Waals surface area contributed by atoms with E-state index in [0.717, 1.165) is 6.20 Å². The fraction of sp³-hybridized carbons (Fsp3) is 0.261. The molecule has 10 nitrogen and oxygen atoms in total. The molecule has 0 amide bonds. The van der Waals surface area contributed by atoms with Crippen molar-refractivity contribution >= 4 is 46.9 Å². The van der Waals surface area contributed by atoms with Gasteiger partial charge in [-0.05, 0) is 36.8 Å². The molecule has 1 atom stereocenters. The number of nitrogens with zero attached hydrogens (tertiary/aromatic N) is 5. The van der Waals surface area contributed by atoms with Gasteiger partial charge in [0.25, 0.3) is 0 Å². The van der Waals surface area contributed by atoms with E-state index in [1.165, 1.54) is 6.21 Å². The van der Waals surface area contributed by atoms with Crippen molar-refractivity contribution in [2.75, 3.05) is 41.9 Å². The van der Waals surface area contributed by atoms with Crippen LogP contribution in [-0.2, 0) is 9.53 Å². The molecular weight excluding hydrogens is 477 g/mol. The van der Waals surface area contributed by atoms with E-state index in [1.54, 1.807) is 48.4 Å². The van der Waals surface area contributed by atoms with Crippen molar-refractivity contribution in [1.82, 2.24) is 15.0 Å². The Kier molecular flexibility index (Phi) is 7.68. The van der Waals surface area contributed by atoms with Crippen molar-refractivity contribution in [3.8, 4) is 0 Å². The summed E-state index contributed by atoms with van der Waals surface area (Å²) < 4.78 is 19.4. The van der Waals surface area contributed by atoms with Crippen LogP contribution >= 0.6 is 11.6 Å². The van der Waals surface area contributed by atoms with Gasteiger partial charge in [-0.1, -0.05) is 17.7 Å². The molecule has 4 rings (SSSR count). The van der Waals surface area contributed by atoms with Crippen LogP contribution in [0.15, 0.2) is 47.8 Å². The highest BCUT2D eigenvalue weighted by atomic mass is 35.5. The first kappa shape index (κ1) is 24.3. The number of pyridine rings is 1. The predicted octanol–water partition coefficient (Wildman–Crippen LogP) is 3.88. The number of carboxylic acid groups (broad SMARTS) is 1. The zero-order valence-electron chi connectivity index (χ0n) is 18.8. The first-order chi connectivity index (χ1) is 16.9. The number of hydrogen-bond acceptors (Lipinski definition) is 9. The normalized spacial score (nSPS) is 14.7. The van der Waals surface area contributed by atoms with Gasteiger partial charge >= 0.3 is 5.97 Å². The Hall–Kier alpha value is -3.83. The minimum atomic E-state index is -0.938. The molecule has 2 aromatic heterocycles. The molecule has 0 radical (unpaired) electrons. The van der Waals surface area contributed by atoms with Crippen LogP contribution in [0, 0.1) is 5.82 Å². The molecule has 3 heterocycles. The summed E-state index contributed by atoms with van der Waals surface area (Å²) in [4.78, 5) is 25.4. The first-order valence-electron chi connectivity index (χ1n) is 10.8. The second-order valence-corrected chi connectivity index (χ2v) is 8.13. The van der Waals surface area contributed by atoms with Gasteiger partial charge in [0.2, 0.25) is 5.95 Å². The van der Waals surface area contributed by atoms with Gasteiger partial charge in [0.05, 0.1) is 49.1 Å². The summed E-state index contributed by atoms with van der Waals surface area (Å²) in [7, 11) is 0. The lowest BCUT2D eigenvalue weighted by atomic mass is 10.0. The van der Waals surface area contributed by atoms with Gasteiger partial charge in [-0.15, -0.1) is 0 Å². The summed E-state index contributed by atoms with van der Waals surface area (Å²) in [6.45, 7) is 3.73. The standard InChI is InChI=1S/C23H23ClFN7O3/c1-14(22(33)34)18-5-4-15(10-19(18)24)29-17-3-2-16(26-11-17)12-28-31-23-27-13-20(25)21(30-23)32-6-8-35-9-7-32/h2-5,10-14,29H,6-9H2,1H3,(H,33,34)(H,27,30,31)/b28-12+. The van der Waals surface area contributed by atoms with Crippen molar-refractivity contribution < 1.29 is 19.0 Å². The highest BCUT2D eigenvalue weighted by Crippen LogP contribution is 2.29. The van der Waals surface area contributed by atoms with Crippen molar-refractivity contribution in [1.29, 1.82) is 0 Å². The maximum atomic E-state index is 14.1. The molecule has 12 heteroatoms. The molecular formula is C23H23ClFN7O3. The van der Waals surface area contributed by atoms with Crippen molar-refractivity contribution in [2.24, 2.45) is 5.10 Å². The van der Waals surface area contributed by atoms with Gasteiger partial charge in [-0.25, -0.2) is 14.8 Å². The Labute approximate surface area is 205 Å². The smallest absolute Gasteiger partial charge is 0.310 e.